The van der Waals surface area contributed by atoms with Gasteiger partial charge >= 0.3 is 0 Å². The smallest absolute Gasteiger partial charge is 0.128 e. The molecule has 0 unspecified atom stereocenters. The number of rotatable bonds is 8. The molecule has 1 aromatic rings. The summed E-state index contributed by atoms with van der Waals surface area (Å²) < 4.78 is 5.96. The summed E-state index contributed by atoms with van der Waals surface area (Å²) in [7, 11) is 1.80. The zero-order valence-electron chi connectivity index (χ0n) is 16.2. The molecule has 2 N–H and O–H groups in total. The van der Waals surface area contributed by atoms with Gasteiger partial charge < -0.3 is 10.5 Å². The minimum atomic E-state index is 0.653. The molecule has 0 spiro atoms. The molecule has 0 atom stereocenters. The highest BCUT2D eigenvalue weighted by Crippen LogP contribution is 2.20. The SMILES string of the molecule is C/C=C1/C(OCCC/C(N)=C(\C)CCc2ccccc2)=CC=CC1=NC. The van der Waals surface area contributed by atoms with Crippen LogP contribution in [-0.4, -0.2) is 19.4 Å². The number of benzene rings is 1. The van der Waals surface area contributed by atoms with E-state index in [1.807, 2.05) is 37.3 Å². The van der Waals surface area contributed by atoms with E-state index < -0.39 is 0 Å². The molecule has 3 heteroatoms. The van der Waals surface area contributed by atoms with E-state index in [1.165, 1.54) is 11.1 Å². The Kier molecular flexibility index (Phi) is 7.94. The lowest BCUT2D eigenvalue weighted by atomic mass is 10.0. The first kappa shape index (κ1) is 19.8. The first-order valence-corrected chi connectivity index (χ1v) is 9.28. The number of aliphatic imine (C=N–C) groups is 1. The Morgan fingerprint density at radius 3 is 2.65 bits per heavy atom. The molecule has 0 aromatic heterocycles. The third-order valence-corrected chi connectivity index (χ3v) is 4.60. The van der Waals surface area contributed by atoms with Crippen LogP contribution in [0.25, 0.3) is 0 Å². The third kappa shape index (κ3) is 5.76. The van der Waals surface area contributed by atoms with Crippen LogP contribution in [0.3, 0.4) is 0 Å². The van der Waals surface area contributed by atoms with Crippen molar-refractivity contribution >= 4 is 5.71 Å². The van der Waals surface area contributed by atoms with Crippen LogP contribution in [0, 0.1) is 0 Å². The second kappa shape index (κ2) is 10.4. The maximum absolute atomic E-state index is 6.27. The van der Waals surface area contributed by atoms with Gasteiger partial charge in [-0.25, -0.2) is 0 Å². The maximum atomic E-state index is 6.27. The number of aryl methyl sites for hydroxylation is 1. The molecule has 0 amide bonds. The monoisotopic (exact) mass is 350 g/mol. The molecule has 0 aliphatic heterocycles. The Morgan fingerprint density at radius 1 is 1.19 bits per heavy atom. The van der Waals surface area contributed by atoms with Crippen LogP contribution in [0.4, 0.5) is 0 Å². The van der Waals surface area contributed by atoms with Crippen LogP contribution in [0.15, 0.2) is 82.2 Å². The lowest BCUT2D eigenvalue weighted by Crippen LogP contribution is -2.10. The van der Waals surface area contributed by atoms with Crippen molar-refractivity contribution in [3.63, 3.8) is 0 Å². The number of nitrogens with two attached hydrogens (primary N) is 1. The summed E-state index contributed by atoms with van der Waals surface area (Å²) in [6, 6.07) is 10.5. The molecule has 1 aliphatic rings. The predicted octanol–water partition coefficient (Wildman–Crippen LogP) is 5.12. The van der Waals surface area contributed by atoms with E-state index in [1.54, 1.807) is 7.05 Å². The van der Waals surface area contributed by atoms with Crippen molar-refractivity contribution in [2.24, 2.45) is 10.7 Å². The Balaban J connectivity index is 1.78. The van der Waals surface area contributed by atoms with E-state index in [-0.39, 0.29) is 0 Å². The maximum Gasteiger partial charge on any atom is 0.128 e. The standard InChI is InChI=1S/C23H30N2O/c1-4-20-22(25-3)13-8-14-23(20)26-17-9-12-21(24)18(2)15-16-19-10-6-5-7-11-19/h4-8,10-11,13-14H,9,12,15-17,24H2,1-3H3/b20-4+,21-18-,25-22?. The summed E-state index contributed by atoms with van der Waals surface area (Å²) in [4.78, 5) is 4.29. The van der Waals surface area contributed by atoms with E-state index in [4.69, 9.17) is 10.5 Å². The van der Waals surface area contributed by atoms with E-state index in [9.17, 15) is 0 Å². The first-order valence-electron chi connectivity index (χ1n) is 9.28. The van der Waals surface area contributed by atoms with Gasteiger partial charge in [0.1, 0.15) is 5.76 Å². The fourth-order valence-electron chi connectivity index (χ4n) is 2.94. The molecule has 1 aliphatic carbocycles. The molecule has 0 bridgehead atoms. The first-order chi connectivity index (χ1) is 12.7. The minimum Gasteiger partial charge on any atom is -0.493 e. The average molecular weight is 351 g/mol. The summed E-state index contributed by atoms with van der Waals surface area (Å²) in [5, 5.41) is 0. The highest BCUT2D eigenvalue weighted by Gasteiger charge is 2.13. The van der Waals surface area contributed by atoms with Gasteiger partial charge in [-0.1, -0.05) is 48.1 Å². The van der Waals surface area contributed by atoms with Gasteiger partial charge in [-0.15, -0.1) is 0 Å². The number of hydrogen-bond donors (Lipinski definition) is 1. The quantitative estimate of drug-likeness (QED) is 0.662. The molecule has 0 heterocycles. The number of allylic oxidation sites excluding steroid dienone is 7. The van der Waals surface area contributed by atoms with Crippen LogP contribution in [0.1, 0.15) is 38.7 Å². The molecule has 138 valence electrons. The van der Waals surface area contributed by atoms with E-state index in [0.29, 0.717) is 6.61 Å². The van der Waals surface area contributed by atoms with Gasteiger partial charge in [0.05, 0.1) is 12.3 Å². The van der Waals surface area contributed by atoms with Gasteiger partial charge in [0.2, 0.25) is 0 Å². The number of nitrogens with zero attached hydrogens (tertiary/aromatic N) is 1. The Labute approximate surface area is 157 Å². The zero-order valence-corrected chi connectivity index (χ0v) is 16.2. The second-order valence-electron chi connectivity index (χ2n) is 6.44. The topological polar surface area (TPSA) is 47.6 Å². The largest absolute Gasteiger partial charge is 0.493 e. The molecule has 0 fully saturated rings. The highest BCUT2D eigenvalue weighted by atomic mass is 16.5. The third-order valence-electron chi connectivity index (χ3n) is 4.60. The van der Waals surface area contributed by atoms with Crippen molar-refractivity contribution in [1.29, 1.82) is 0 Å². The second-order valence-corrected chi connectivity index (χ2v) is 6.44. The molecule has 26 heavy (non-hydrogen) atoms. The van der Waals surface area contributed by atoms with Crippen molar-refractivity contribution in [2.45, 2.75) is 39.5 Å². The fraction of sp³-hybridized carbons (Fsp3) is 0.348. The molecular formula is C23H30N2O. The molecular weight excluding hydrogens is 320 g/mol. The molecule has 3 nitrogen and oxygen atoms in total. The van der Waals surface area contributed by atoms with Gasteiger partial charge in [0.15, 0.2) is 0 Å². The van der Waals surface area contributed by atoms with Crippen molar-refractivity contribution in [3.8, 4) is 0 Å². The Morgan fingerprint density at radius 2 is 1.96 bits per heavy atom. The summed E-state index contributed by atoms with van der Waals surface area (Å²) in [5.74, 6) is 0.888. The van der Waals surface area contributed by atoms with E-state index in [2.05, 4.69) is 36.2 Å². The number of ether oxygens (including phenoxy) is 1. The summed E-state index contributed by atoms with van der Waals surface area (Å²) in [5.41, 5.74) is 11.9. The molecule has 0 radical (unpaired) electrons. The highest BCUT2D eigenvalue weighted by molar-refractivity contribution is 6.12. The molecule has 1 aromatic carbocycles. The van der Waals surface area contributed by atoms with Crippen LogP contribution < -0.4 is 5.73 Å². The van der Waals surface area contributed by atoms with Crippen molar-refractivity contribution in [1.82, 2.24) is 0 Å². The van der Waals surface area contributed by atoms with E-state index in [0.717, 1.165) is 48.4 Å². The lowest BCUT2D eigenvalue weighted by Gasteiger charge is -2.16. The van der Waals surface area contributed by atoms with Crippen molar-refractivity contribution in [3.05, 3.63) is 82.8 Å². The van der Waals surface area contributed by atoms with Gasteiger partial charge in [0.25, 0.3) is 0 Å². The fourth-order valence-corrected chi connectivity index (χ4v) is 2.94. The van der Waals surface area contributed by atoms with Crippen LogP contribution in [0.5, 0.6) is 0 Å². The van der Waals surface area contributed by atoms with Gasteiger partial charge in [-0.3, -0.25) is 4.99 Å². The number of hydrogen-bond acceptors (Lipinski definition) is 3. The molecule has 0 saturated carbocycles. The summed E-state index contributed by atoms with van der Waals surface area (Å²) in [6.45, 7) is 4.80. The zero-order chi connectivity index (χ0) is 18.8. The lowest BCUT2D eigenvalue weighted by molar-refractivity contribution is 0.218. The minimum absolute atomic E-state index is 0.653. The Hall–Kier alpha value is -2.55. The normalized spacial score (nSPS) is 18.0. The molecule has 2 rings (SSSR count). The van der Waals surface area contributed by atoms with Crippen LogP contribution >= 0.6 is 0 Å². The summed E-state index contributed by atoms with van der Waals surface area (Å²) in [6.07, 6.45) is 11.8. The van der Waals surface area contributed by atoms with Crippen molar-refractivity contribution in [2.75, 3.05) is 13.7 Å². The average Bonchev–Trinajstić information content (AvgIpc) is 2.69. The van der Waals surface area contributed by atoms with E-state index >= 15 is 0 Å². The predicted molar refractivity (Wildman–Crippen MR) is 111 cm³/mol. The van der Waals surface area contributed by atoms with Crippen molar-refractivity contribution < 1.29 is 4.74 Å². The molecule has 0 saturated heterocycles. The van der Waals surface area contributed by atoms with Gasteiger partial charge in [-0.05, 0) is 57.2 Å². The van der Waals surface area contributed by atoms with Gasteiger partial charge in [0, 0.05) is 18.3 Å². The summed E-state index contributed by atoms with van der Waals surface area (Å²) >= 11 is 0. The Bertz CT molecular complexity index is 737. The van der Waals surface area contributed by atoms with Gasteiger partial charge in [-0.2, -0.15) is 0 Å². The van der Waals surface area contributed by atoms with Crippen LogP contribution in [-0.2, 0) is 11.2 Å². The van der Waals surface area contributed by atoms with Crippen LogP contribution in [0.2, 0.25) is 0 Å².